The molecule has 3 rings (SSSR count). The third-order valence-electron chi connectivity index (χ3n) is 4.09. The molecule has 7 nitrogen and oxygen atoms in total. The Bertz CT molecular complexity index is 675. The van der Waals surface area contributed by atoms with Gasteiger partial charge in [0.1, 0.15) is 12.4 Å². The summed E-state index contributed by atoms with van der Waals surface area (Å²) < 4.78 is 10.7. The normalized spacial score (nSPS) is 20.6. The van der Waals surface area contributed by atoms with Gasteiger partial charge in [0, 0.05) is 17.8 Å². The van der Waals surface area contributed by atoms with Gasteiger partial charge in [0.2, 0.25) is 0 Å². The number of nitrogens with one attached hydrogen (secondary N) is 1. The molecule has 0 spiro atoms. The molecule has 1 amide bonds. The number of carbonyl (C=O) groups is 1. The van der Waals surface area contributed by atoms with Gasteiger partial charge < -0.3 is 19.7 Å². The summed E-state index contributed by atoms with van der Waals surface area (Å²) in [5.41, 5.74) is 1.15. The van der Waals surface area contributed by atoms with Crippen molar-refractivity contribution in [3.8, 4) is 5.75 Å². The SMILES string of the molecule is Cc1ccc(OCc2cc(C(=O)NC3CCC(O)CC3)no2)cn1. The van der Waals surface area contributed by atoms with Gasteiger partial charge in [-0.05, 0) is 44.7 Å². The number of carbonyl (C=O) groups excluding carboxylic acids is 1. The van der Waals surface area contributed by atoms with Gasteiger partial charge in [-0.15, -0.1) is 0 Å². The van der Waals surface area contributed by atoms with E-state index in [9.17, 15) is 9.90 Å². The molecule has 2 aromatic heterocycles. The zero-order chi connectivity index (χ0) is 16.9. The van der Waals surface area contributed by atoms with E-state index in [0.29, 0.717) is 24.4 Å². The topological polar surface area (TPSA) is 97.5 Å². The highest BCUT2D eigenvalue weighted by Crippen LogP contribution is 2.19. The van der Waals surface area contributed by atoms with Crippen molar-refractivity contribution in [2.75, 3.05) is 0 Å². The minimum Gasteiger partial charge on any atom is -0.484 e. The van der Waals surface area contributed by atoms with Crippen LogP contribution in [-0.2, 0) is 6.61 Å². The molecule has 0 radical (unpaired) electrons. The highest BCUT2D eigenvalue weighted by Gasteiger charge is 2.22. The minimum absolute atomic E-state index is 0.0796. The molecular weight excluding hydrogens is 310 g/mol. The Morgan fingerprint density at radius 2 is 2.17 bits per heavy atom. The number of aliphatic hydroxyl groups excluding tert-OH is 1. The molecule has 24 heavy (non-hydrogen) atoms. The molecule has 1 aliphatic rings. The van der Waals surface area contributed by atoms with Crippen molar-refractivity contribution < 1.29 is 19.2 Å². The molecule has 7 heteroatoms. The van der Waals surface area contributed by atoms with Gasteiger partial charge in [0.05, 0.1) is 12.3 Å². The molecule has 2 heterocycles. The summed E-state index contributed by atoms with van der Waals surface area (Å²) in [5, 5.41) is 16.2. The fourth-order valence-corrected chi connectivity index (χ4v) is 2.66. The zero-order valence-corrected chi connectivity index (χ0v) is 13.6. The van der Waals surface area contributed by atoms with Crippen LogP contribution in [0.25, 0.3) is 0 Å². The lowest BCUT2D eigenvalue weighted by Crippen LogP contribution is -2.38. The van der Waals surface area contributed by atoms with Crippen LogP contribution in [0.4, 0.5) is 0 Å². The summed E-state index contributed by atoms with van der Waals surface area (Å²) in [6, 6.07) is 5.34. The molecular formula is C17H21N3O4. The maximum absolute atomic E-state index is 12.2. The molecule has 0 aliphatic heterocycles. The summed E-state index contributed by atoms with van der Waals surface area (Å²) >= 11 is 0. The first-order valence-electron chi connectivity index (χ1n) is 8.10. The molecule has 128 valence electrons. The summed E-state index contributed by atoms with van der Waals surface area (Å²) in [6.07, 6.45) is 4.38. The highest BCUT2D eigenvalue weighted by atomic mass is 16.5. The van der Waals surface area contributed by atoms with Gasteiger partial charge in [-0.2, -0.15) is 0 Å². The number of ether oxygens (including phenoxy) is 1. The summed E-state index contributed by atoms with van der Waals surface area (Å²) in [6.45, 7) is 2.08. The van der Waals surface area contributed by atoms with E-state index in [-0.39, 0.29) is 30.4 Å². The van der Waals surface area contributed by atoms with E-state index >= 15 is 0 Å². The maximum atomic E-state index is 12.2. The lowest BCUT2D eigenvalue weighted by Gasteiger charge is -2.25. The average molecular weight is 331 g/mol. The number of hydrogen-bond donors (Lipinski definition) is 2. The molecule has 0 aromatic carbocycles. The third-order valence-corrected chi connectivity index (χ3v) is 4.09. The average Bonchev–Trinajstić information content (AvgIpc) is 3.06. The summed E-state index contributed by atoms with van der Waals surface area (Å²) in [5.74, 6) is 0.840. The third kappa shape index (κ3) is 4.32. The molecule has 1 saturated carbocycles. The Kier molecular flexibility index (Phi) is 5.10. The van der Waals surface area contributed by atoms with Crippen molar-refractivity contribution in [1.29, 1.82) is 0 Å². The van der Waals surface area contributed by atoms with Crippen molar-refractivity contribution in [3.63, 3.8) is 0 Å². The Balaban J connectivity index is 1.51. The number of nitrogens with zero attached hydrogens (tertiary/aromatic N) is 2. The largest absolute Gasteiger partial charge is 0.484 e. The van der Waals surface area contributed by atoms with Crippen LogP contribution in [0.5, 0.6) is 5.75 Å². The number of aliphatic hydroxyl groups is 1. The summed E-state index contributed by atoms with van der Waals surface area (Å²) in [7, 11) is 0. The predicted molar refractivity (Wildman–Crippen MR) is 85.5 cm³/mol. The fraction of sp³-hybridized carbons (Fsp3) is 0.471. The zero-order valence-electron chi connectivity index (χ0n) is 13.6. The number of aromatic nitrogens is 2. The van der Waals surface area contributed by atoms with Gasteiger partial charge >= 0.3 is 0 Å². The first kappa shape index (κ1) is 16.4. The van der Waals surface area contributed by atoms with Crippen LogP contribution in [-0.4, -0.2) is 33.3 Å². The second-order valence-electron chi connectivity index (χ2n) is 6.08. The molecule has 2 N–H and O–H groups in total. The van der Waals surface area contributed by atoms with E-state index in [1.165, 1.54) is 0 Å². The molecule has 0 atom stereocenters. The first-order valence-corrected chi connectivity index (χ1v) is 8.10. The van der Waals surface area contributed by atoms with E-state index < -0.39 is 0 Å². The smallest absolute Gasteiger partial charge is 0.273 e. The lowest BCUT2D eigenvalue weighted by molar-refractivity contribution is 0.0859. The van der Waals surface area contributed by atoms with Crippen LogP contribution in [0.3, 0.4) is 0 Å². The van der Waals surface area contributed by atoms with Crippen LogP contribution in [0, 0.1) is 6.92 Å². The molecule has 2 aromatic rings. The van der Waals surface area contributed by atoms with Crippen molar-refractivity contribution >= 4 is 5.91 Å². The minimum atomic E-state index is -0.261. The second kappa shape index (κ2) is 7.44. The monoisotopic (exact) mass is 331 g/mol. The quantitative estimate of drug-likeness (QED) is 0.869. The summed E-state index contributed by atoms with van der Waals surface area (Å²) in [4.78, 5) is 16.3. The first-order chi connectivity index (χ1) is 11.6. The number of amides is 1. The van der Waals surface area contributed by atoms with Gasteiger partial charge in [-0.25, -0.2) is 0 Å². The second-order valence-corrected chi connectivity index (χ2v) is 6.08. The number of hydrogen-bond acceptors (Lipinski definition) is 6. The Morgan fingerprint density at radius 3 is 2.88 bits per heavy atom. The Hall–Kier alpha value is -2.41. The van der Waals surface area contributed by atoms with E-state index in [1.54, 1.807) is 12.3 Å². The molecule has 1 fully saturated rings. The molecule has 0 unspecified atom stereocenters. The van der Waals surface area contributed by atoms with E-state index in [1.807, 2.05) is 19.1 Å². The fourth-order valence-electron chi connectivity index (χ4n) is 2.66. The van der Waals surface area contributed by atoms with E-state index in [2.05, 4.69) is 15.5 Å². The lowest BCUT2D eigenvalue weighted by atomic mass is 9.93. The van der Waals surface area contributed by atoms with Crippen molar-refractivity contribution in [2.45, 2.75) is 51.4 Å². The molecule has 0 bridgehead atoms. The Morgan fingerprint density at radius 1 is 1.38 bits per heavy atom. The standard InChI is InChI=1S/C17H21N3O4/c1-11-2-7-14(9-18-11)23-10-15-8-16(20-24-15)17(22)19-12-3-5-13(21)6-4-12/h2,7-9,12-13,21H,3-6,10H2,1H3,(H,19,22). The van der Waals surface area contributed by atoms with Gasteiger partial charge in [0.15, 0.2) is 11.5 Å². The van der Waals surface area contributed by atoms with Gasteiger partial charge in [-0.1, -0.05) is 5.16 Å². The van der Waals surface area contributed by atoms with Crippen molar-refractivity contribution in [1.82, 2.24) is 15.5 Å². The highest BCUT2D eigenvalue weighted by molar-refractivity contribution is 5.92. The molecule has 0 saturated heterocycles. The Labute approximate surface area is 140 Å². The van der Waals surface area contributed by atoms with Crippen LogP contribution >= 0.6 is 0 Å². The maximum Gasteiger partial charge on any atom is 0.273 e. The van der Waals surface area contributed by atoms with Crippen molar-refractivity contribution in [2.24, 2.45) is 0 Å². The van der Waals surface area contributed by atoms with Crippen LogP contribution < -0.4 is 10.1 Å². The van der Waals surface area contributed by atoms with E-state index in [0.717, 1.165) is 18.5 Å². The number of aryl methyl sites for hydroxylation is 1. The van der Waals surface area contributed by atoms with Crippen molar-refractivity contribution in [3.05, 3.63) is 41.5 Å². The predicted octanol–water partition coefficient (Wildman–Crippen LogP) is 1.99. The van der Waals surface area contributed by atoms with Crippen LogP contribution in [0.15, 0.2) is 28.9 Å². The number of rotatable bonds is 5. The number of pyridine rings is 1. The van der Waals surface area contributed by atoms with Crippen LogP contribution in [0.1, 0.15) is 47.6 Å². The van der Waals surface area contributed by atoms with Gasteiger partial charge in [-0.3, -0.25) is 9.78 Å². The molecule has 1 aliphatic carbocycles. The van der Waals surface area contributed by atoms with E-state index in [4.69, 9.17) is 9.26 Å². The van der Waals surface area contributed by atoms with Gasteiger partial charge in [0.25, 0.3) is 5.91 Å². The van der Waals surface area contributed by atoms with Crippen LogP contribution in [0.2, 0.25) is 0 Å².